The minimum Gasteiger partial charge on any atom is -0.463 e. The number of esters is 2. The van der Waals surface area contributed by atoms with Crippen LogP contribution in [0.25, 0.3) is 0 Å². The Kier molecular flexibility index (Phi) is 3.90. The van der Waals surface area contributed by atoms with Crippen LogP contribution in [0.4, 0.5) is 5.00 Å². The van der Waals surface area contributed by atoms with Crippen LogP contribution in [-0.4, -0.2) is 30.6 Å². The zero-order valence-corrected chi connectivity index (χ0v) is 13.2. The second-order valence-electron chi connectivity index (χ2n) is 5.60. The molecular formula is C15H17NO5S. The number of ether oxygens (including phenoxy) is 2. The maximum absolute atomic E-state index is 12.4. The molecule has 1 aromatic rings. The maximum Gasteiger partial charge on any atom is 0.347 e. The SMILES string of the molecule is Cc1sc(NC(=O)C2CC2)c(C(=O)OC2CCOC2=O)c1C. The summed E-state index contributed by atoms with van der Waals surface area (Å²) in [5, 5.41) is 3.32. The molecule has 0 radical (unpaired) electrons. The topological polar surface area (TPSA) is 81.7 Å². The molecule has 1 saturated carbocycles. The van der Waals surface area contributed by atoms with Crippen LogP contribution in [-0.2, 0) is 19.1 Å². The second-order valence-corrected chi connectivity index (χ2v) is 6.83. The summed E-state index contributed by atoms with van der Waals surface area (Å²) in [5.74, 6) is -1.11. The molecular weight excluding hydrogens is 306 g/mol. The van der Waals surface area contributed by atoms with E-state index in [1.807, 2.05) is 13.8 Å². The van der Waals surface area contributed by atoms with Crippen molar-refractivity contribution in [2.75, 3.05) is 11.9 Å². The molecule has 22 heavy (non-hydrogen) atoms. The molecule has 7 heteroatoms. The van der Waals surface area contributed by atoms with Crippen LogP contribution in [0.15, 0.2) is 0 Å². The number of hydrogen-bond acceptors (Lipinski definition) is 6. The predicted octanol–water partition coefficient (Wildman–Crippen LogP) is 2.19. The zero-order valence-electron chi connectivity index (χ0n) is 12.4. The van der Waals surface area contributed by atoms with E-state index in [0.29, 0.717) is 17.0 Å². The van der Waals surface area contributed by atoms with Gasteiger partial charge in [0.2, 0.25) is 12.0 Å². The third-order valence-electron chi connectivity index (χ3n) is 3.91. The Hall–Kier alpha value is -1.89. The summed E-state index contributed by atoms with van der Waals surface area (Å²) in [6.45, 7) is 3.96. The van der Waals surface area contributed by atoms with Gasteiger partial charge in [0.25, 0.3) is 0 Å². The van der Waals surface area contributed by atoms with Crippen LogP contribution in [0.1, 0.15) is 40.1 Å². The van der Waals surface area contributed by atoms with E-state index >= 15 is 0 Å². The van der Waals surface area contributed by atoms with Crippen LogP contribution in [0.2, 0.25) is 0 Å². The molecule has 1 atom stereocenters. The van der Waals surface area contributed by atoms with E-state index in [4.69, 9.17) is 9.47 Å². The normalized spacial score (nSPS) is 20.6. The molecule has 1 aromatic heterocycles. The summed E-state index contributed by atoms with van der Waals surface area (Å²) < 4.78 is 10.0. The summed E-state index contributed by atoms with van der Waals surface area (Å²) in [6.07, 6.45) is 1.31. The van der Waals surface area contributed by atoms with Crippen LogP contribution >= 0.6 is 11.3 Å². The van der Waals surface area contributed by atoms with Crippen LogP contribution in [0.3, 0.4) is 0 Å². The summed E-state index contributed by atoms with van der Waals surface area (Å²) >= 11 is 1.35. The smallest absolute Gasteiger partial charge is 0.347 e. The number of rotatable bonds is 4. The molecule has 1 unspecified atom stereocenters. The van der Waals surface area contributed by atoms with Crippen molar-refractivity contribution >= 4 is 34.2 Å². The number of anilines is 1. The molecule has 3 rings (SSSR count). The predicted molar refractivity (Wildman–Crippen MR) is 79.9 cm³/mol. The number of carbonyl (C=O) groups is 3. The summed E-state index contributed by atoms with van der Waals surface area (Å²) in [4.78, 5) is 36.7. The maximum atomic E-state index is 12.4. The van der Waals surface area contributed by atoms with Crippen molar-refractivity contribution < 1.29 is 23.9 Å². The Balaban J connectivity index is 1.79. The second kappa shape index (κ2) is 5.72. The van der Waals surface area contributed by atoms with Gasteiger partial charge in [0.15, 0.2) is 0 Å². The first-order valence-electron chi connectivity index (χ1n) is 7.26. The van der Waals surface area contributed by atoms with Gasteiger partial charge in [-0.2, -0.15) is 0 Å². The van der Waals surface area contributed by atoms with Crippen molar-refractivity contribution in [3.8, 4) is 0 Å². The van der Waals surface area contributed by atoms with Gasteiger partial charge in [0.05, 0.1) is 12.2 Å². The number of hydrogen-bond donors (Lipinski definition) is 1. The monoisotopic (exact) mass is 323 g/mol. The Morgan fingerprint density at radius 1 is 1.27 bits per heavy atom. The lowest BCUT2D eigenvalue weighted by molar-refractivity contribution is -0.145. The van der Waals surface area contributed by atoms with E-state index < -0.39 is 18.0 Å². The molecule has 2 aliphatic rings. The highest BCUT2D eigenvalue weighted by molar-refractivity contribution is 7.16. The highest BCUT2D eigenvalue weighted by Crippen LogP contribution is 2.36. The summed E-state index contributed by atoms with van der Waals surface area (Å²) in [6, 6.07) is 0. The van der Waals surface area contributed by atoms with Gasteiger partial charge in [-0.15, -0.1) is 11.3 Å². The van der Waals surface area contributed by atoms with E-state index in [1.54, 1.807) is 0 Å². The molecule has 118 valence electrons. The average molecular weight is 323 g/mol. The van der Waals surface area contributed by atoms with Crippen LogP contribution < -0.4 is 5.32 Å². The van der Waals surface area contributed by atoms with Gasteiger partial charge in [0.1, 0.15) is 5.00 Å². The van der Waals surface area contributed by atoms with Crippen molar-refractivity contribution in [2.24, 2.45) is 5.92 Å². The minimum absolute atomic E-state index is 0.0522. The van der Waals surface area contributed by atoms with Gasteiger partial charge in [-0.1, -0.05) is 0 Å². The van der Waals surface area contributed by atoms with E-state index in [1.165, 1.54) is 11.3 Å². The quantitative estimate of drug-likeness (QED) is 0.859. The molecule has 1 aliphatic carbocycles. The highest BCUT2D eigenvalue weighted by atomic mass is 32.1. The molecule has 6 nitrogen and oxygen atoms in total. The van der Waals surface area contributed by atoms with Crippen molar-refractivity contribution in [1.29, 1.82) is 0 Å². The van der Waals surface area contributed by atoms with E-state index in [-0.39, 0.29) is 18.4 Å². The van der Waals surface area contributed by atoms with E-state index in [2.05, 4.69) is 5.32 Å². The molecule has 1 N–H and O–H groups in total. The Morgan fingerprint density at radius 3 is 2.59 bits per heavy atom. The largest absolute Gasteiger partial charge is 0.463 e. The first-order valence-corrected chi connectivity index (χ1v) is 8.07. The van der Waals surface area contributed by atoms with Gasteiger partial charge < -0.3 is 14.8 Å². The lowest BCUT2D eigenvalue weighted by atomic mass is 10.1. The van der Waals surface area contributed by atoms with Crippen molar-refractivity contribution in [1.82, 2.24) is 0 Å². The number of amides is 1. The van der Waals surface area contributed by atoms with Crippen molar-refractivity contribution in [2.45, 2.75) is 39.2 Å². The first-order chi connectivity index (χ1) is 10.5. The molecule has 1 aliphatic heterocycles. The fourth-order valence-electron chi connectivity index (χ4n) is 2.29. The number of nitrogens with one attached hydrogen (secondary N) is 1. The van der Waals surface area contributed by atoms with Gasteiger partial charge in [0, 0.05) is 17.2 Å². The molecule has 1 saturated heterocycles. The Labute approximate surface area is 131 Å². The van der Waals surface area contributed by atoms with Crippen LogP contribution in [0, 0.1) is 19.8 Å². The molecule has 0 spiro atoms. The van der Waals surface area contributed by atoms with Gasteiger partial charge in [-0.3, -0.25) is 4.79 Å². The van der Waals surface area contributed by atoms with Gasteiger partial charge in [-0.25, -0.2) is 9.59 Å². The third-order valence-corrected chi connectivity index (χ3v) is 5.03. The highest BCUT2D eigenvalue weighted by Gasteiger charge is 2.34. The molecule has 1 amide bonds. The summed E-state index contributed by atoms with van der Waals surface area (Å²) in [5.41, 5.74) is 1.11. The molecule has 2 heterocycles. The number of carbonyl (C=O) groups excluding carboxylic acids is 3. The van der Waals surface area contributed by atoms with Gasteiger partial charge >= 0.3 is 11.9 Å². The first kappa shape index (κ1) is 15.0. The minimum atomic E-state index is -0.848. The van der Waals surface area contributed by atoms with Crippen molar-refractivity contribution in [3.63, 3.8) is 0 Å². The number of thiophene rings is 1. The standard InChI is InChI=1S/C15H17NO5S/c1-7-8(2)22-13(16-12(17)9-3-4-9)11(7)15(19)21-10-5-6-20-14(10)18/h9-10H,3-6H2,1-2H3,(H,16,17). The number of cyclic esters (lactones) is 1. The van der Waals surface area contributed by atoms with E-state index in [0.717, 1.165) is 23.3 Å². The van der Waals surface area contributed by atoms with E-state index in [9.17, 15) is 14.4 Å². The fraction of sp³-hybridized carbons (Fsp3) is 0.533. The molecule has 2 fully saturated rings. The fourth-order valence-corrected chi connectivity index (χ4v) is 3.34. The Bertz CT molecular complexity index is 647. The average Bonchev–Trinajstić information content (AvgIpc) is 3.18. The van der Waals surface area contributed by atoms with Crippen molar-refractivity contribution in [3.05, 3.63) is 16.0 Å². The lowest BCUT2D eigenvalue weighted by Crippen LogP contribution is -2.24. The number of aryl methyl sites for hydroxylation is 1. The van der Waals surface area contributed by atoms with Gasteiger partial charge in [-0.05, 0) is 32.3 Å². The third kappa shape index (κ3) is 2.85. The summed E-state index contributed by atoms with van der Waals surface area (Å²) in [7, 11) is 0. The Morgan fingerprint density at radius 2 is 2.00 bits per heavy atom. The van der Waals surface area contributed by atoms with Crippen LogP contribution in [0.5, 0.6) is 0 Å². The molecule has 0 bridgehead atoms. The zero-order chi connectivity index (χ0) is 15.9. The lowest BCUT2D eigenvalue weighted by Gasteiger charge is -2.10. The molecule has 0 aromatic carbocycles.